The van der Waals surface area contributed by atoms with Crippen molar-refractivity contribution < 1.29 is 114 Å². The monoisotopic (exact) mass is 1070 g/mol. The van der Waals surface area contributed by atoms with E-state index in [0.29, 0.717) is 32.1 Å². The molecule has 0 spiro atoms. The number of carbonyl (C=O) groups is 2. The van der Waals surface area contributed by atoms with Crippen molar-refractivity contribution in [2.75, 3.05) is 26.4 Å². The molecule has 23 heteroatoms. The molecule has 0 amide bonds. The molecule has 0 radical (unpaired) electrons. The fourth-order valence-electron chi connectivity index (χ4n) is 16.9. The number of allylic oxidation sites excluding steroid dienone is 1. The summed E-state index contributed by atoms with van der Waals surface area (Å²) in [5.41, 5.74) is -3.08. The number of carboxylic acids is 1. The zero-order valence-corrected chi connectivity index (χ0v) is 43.4. The van der Waals surface area contributed by atoms with E-state index in [2.05, 4.69) is 34.3 Å². The molecule has 75 heavy (non-hydrogen) atoms. The predicted molar refractivity (Wildman–Crippen MR) is 253 cm³/mol. The highest BCUT2D eigenvalue weighted by molar-refractivity contribution is 5.81. The Morgan fingerprint density at radius 3 is 1.84 bits per heavy atom. The molecule has 0 bridgehead atoms. The first-order chi connectivity index (χ1) is 35.2. The molecule has 9 aliphatic rings. The summed E-state index contributed by atoms with van der Waals surface area (Å²) >= 11 is 0. The molecule has 9 rings (SSSR count). The van der Waals surface area contributed by atoms with Gasteiger partial charge in [-0.2, -0.15) is 0 Å². The van der Waals surface area contributed by atoms with E-state index in [4.69, 9.17) is 37.9 Å². The highest BCUT2D eigenvalue weighted by Crippen LogP contribution is 2.78. The van der Waals surface area contributed by atoms with E-state index in [1.165, 1.54) is 0 Å². The van der Waals surface area contributed by atoms with Crippen LogP contribution < -0.4 is 0 Å². The number of aliphatic hydroxyl groups excluding tert-OH is 12. The fraction of sp³-hybridized carbons (Fsp3) is 0.923. The SMILES string of the molecule is C=C(C)C1CCC2(C(=O)OC3OC(CO)C(O)C(O)C3OC3OCC(O)C(OC4OCC(O)C(O)C4O)C3OC3OC(CO)C(O)C(O)C3O)CCC3(C(=O)O)C(CCC4C5(C)CCC(O)C(C)(C)C5CCC43C)C12. The smallest absolute Gasteiger partial charge is 0.314 e. The Labute approximate surface area is 435 Å². The van der Waals surface area contributed by atoms with Crippen LogP contribution in [-0.4, -0.2) is 221 Å². The number of hydrogen-bond donors (Lipinski definition) is 13. The fourth-order valence-corrected chi connectivity index (χ4v) is 16.9. The Kier molecular flexibility index (Phi) is 16.2. The first-order valence-corrected chi connectivity index (χ1v) is 26.9. The molecule has 0 aromatic carbocycles. The average molecular weight is 1080 g/mol. The van der Waals surface area contributed by atoms with Gasteiger partial charge in [-0.05, 0) is 117 Å². The lowest BCUT2D eigenvalue weighted by Crippen LogP contribution is -2.70. The van der Waals surface area contributed by atoms with Gasteiger partial charge in [0.25, 0.3) is 0 Å². The van der Waals surface area contributed by atoms with Crippen molar-refractivity contribution in [3.8, 4) is 0 Å². The van der Waals surface area contributed by atoms with Crippen molar-refractivity contribution in [1.82, 2.24) is 0 Å². The molecule has 9 fully saturated rings. The van der Waals surface area contributed by atoms with Crippen LogP contribution >= 0.6 is 0 Å². The zero-order valence-electron chi connectivity index (χ0n) is 43.4. The summed E-state index contributed by atoms with van der Waals surface area (Å²) in [5, 5.41) is 142. The molecule has 5 saturated carbocycles. The van der Waals surface area contributed by atoms with Crippen LogP contribution in [-0.2, 0) is 47.5 Å². The van der Waals surface area contributed by atoms with Crippen LogP contribution in [0.15, 0.2) is 12.2 Å². The number of hydrogen-bond acceptors (Lipinski definition) is 22. The van der Waals surface area contributed by atoms with Crippen molar-refractivity contribution in [2.45, 2.75) is 216 Å². The maximum Gasteiger partial charge on any atom is 0.314 e. The minimum absolute atomic E-state index is 0.0188. The summed E-state index contributed by atoms with van der Waals surface area (Å²) in [5.74, 6) is -2.87. The summed E-state index contributed by atoms with van der Waals surface area (Å²) in [4.78, 5) is 30.0. The van der Waals surface area contributed by atoms with Gasteiger partial charge in [-0.1, -0.05) is 39.8 Å². The van der Waals surface area contributed by atoms with E-state index in [1.807, 2.05) is 6.92 Å². The second-order valence-electron chi connectivity index (χ2n) is 24.7. The molecule has 4 aliphatic heterocycles. The van der Waals surface area contributed by atoms with Crippen molar-refractivity contribution in [2.24, 2.45) is 56.7 Å². The summed E-state index contributed by atoms with van der Waals surface area (Å²) in [6, 6.07) is 0. The number of ether oxygens (including phenoxy) is 8. The van der Waals surface area contributed by atoms with Gasteiger partial charge in [0.2, 0.25) is 6.29 Å². The number of fused-ring (bicyclic) bond motifs is 7. The molecule has 4 saturated heterocycles. The van der Waals surface area contributed by atoms with Crippen LogP contribution in [0.4, 0.5) is 0 Å². The first kappa shape index (κ1) is 57.6. The normalized spacial score (nSPS) is 53.6. The van der Waals surface area contributed by atoms with Crippen molar-refractivity contribution in [3.63, 3.8) is 0 Å². The highest BCUT2D eigenvalue weighted by Gasteiger charge is 2.76. The van der Waals surface area contributed by atoms with Gasteiger partial charge in [0.1, 0.15) is 79.4 Å². The van der Waals surface area contributed by atoms with Crippen LogP contribution in [0.2, 0.25) is 0 Å². The molecular formula is C52H82O23. The average Bonchev–Trinajstić information content (AvgIpc) is 3.87. The summed E-state index contributed by atoms with van der Waals surface area (Å²) < 4.78 is 47.8. The maximum absolute atomic E-state index is 15.5. The van der Waals surface area contributed by atoms with E-state index in [-0.39, 0.29) is 47.8 Å². The minimum Gasteiger partial charge on any atom is -0.481 e. The van der Waals surface area contributed by atoms with Gasteiger partial charge in [-0.15, -0.1) is 0 Å². The number of aliphatic hydroxyl groups is 12. The second kappa shape index (κ2) is 21.1. The predicted octanol–water partition coefficient (Wildman–Crippen LogP) is -1.84. The third-order valence-corrected chi connectivity index (χ3v) is 20.9. The zero-order chi connectivity index (χ0) is 54.6. The lowest BCUT2D eigenvalue weighted by molar-refractivity contribution is -0.395. The van der Waals surface area contributed by atoms with Crippen LogP contribution in [0.25, 0.3) is 0 Å². The number of esters is 1. The van der Waals surface area contributed by atoms with Crippen LogP contribution in [0.3, 0.4) is 0 Å². The van der Waals surface area contributed by atoms with Crippen LogP contribution in [0.5, 0.6) is 0 Å². The Hall–Kier alpha value is -2.08. The minimum atomic E-state index is -2.04. The van der Waals surface area contributed by atoms with E-state index in [9.17, 15) is 71.2 Å². The largest absolute Gasteiger partial charge is 0.481 e. The van der Waals surface area contributed by atoms with Crippen molar-refractivity contribution >= 4 is 11.9 Å². The van der Waals surface area contributed by atoms with Crippen LogP contribution in [0, 0.1) is 56.7 Å². The number of carbonyl (C=O) groups excluding carboxylic acids is 1. The molecule has 23 nitrogen and oxygen atoms in total. The molecule has 428 valence electrons. The summed E-state index contributed by atoms with van der Waals surface area (Å²) in [6.45, 7) is 12.0. The maximum atomic E-state index is 15.5. The van der Waals surface area contributed by atoms with E-state index >= 15 is 4.79 Å². The topological polar surface area (TPSA) is 371 Å². The van der Waals surface area contributed by atoms with E-state index in [1.54, 1.807) is 0 Å². The summed E-state index contributed by atoms with van der Waals surface area (Å²) in [7, 11) is 0. The third-order valence-electron chi connectivity index (χ3n) is 20.9. The van der Waals surface area contributed by atoms with Crippen LogP contribution in [0.1, 0.15) is 98.8 Å². The van der Waals surface area contributed by atoms with Gasteiger partial charge >= 0.3 is 11.9 Å². The van der Waals surface area contributed by atoms with Gasteiger partial charge in [0.15, 0.2) is 25.0 Å². The van der Waals surface area contributed by atoms with Gasteiger partial charge in [0.05, 0.1) is 43.4 Å². The molecule has 13 N–H and O–H groups in total. The van der Waals surface area contributed by atoms with Crippen molar-refractivity contribution in [3.05, 3.63) is 12.2 Å². The number of aliphatic carboxylic acids is 1. The summed E-state index contributed by atoms with van der Waals surface area (Å²) in [6.07, 6.45) is -28.2. The van der Waals surface area contributed by atoms with Gasteiger partial charge < -0.3 is 104 Å². The van der Waals surface area contributed by atoms with Gasteiger partial charge in [-0.25, -0.2) is 0 Å². The van der Waals surface area contributed by atoms with Crippen molar-refractivity contribution in [1.29, 1.82) is 0 Å². The number of carboxylic acid groups (broad SMARTS) is 1. The van der Waals surface area contributed by atoms with Gasteiger partial charge in [0, 0.05) is 0 Å². The lowest BCUT2D eigenvalue weighted by Gasteiger charge is -2.71. The Morgan fingerprint density at radius 1 is 0.587 bits per heavy atom. The highest BCUT2D eigenvalue weighted by atomic mass is 16.8. The Morgan fingerprint density at radius 2 is 1.19 bits per heavy atom. The van der Waals surface area contributed by atoms with Gasteiger partial charge in [-0.3, -0.25) is 9.59 Å². The molecular weight excluding hydrogens is 993 g/mol. The third kappa shape index (κ3) is 9.07. The lowest BCUT2D eigenvalue weighted by atomic mass is 9.32. The molecule has 5 aliphatic carbocycles. The molecule has 0 aromatic heterocycles. The standard InChI is InChI=1S/C52H82O23/c1-21(2)22-9-14-51(15-16-52(46(65)66)23(31(22)51)7-8-29-49(5)12-11-30(57)48(3,4)28(49)10-13-50(29,52)6)47(67)75-45-40(36(62)34(60)27(18-54)71-45)73-44-41(74-43-38(64)35(61)33(59)26(17-53)70-43)39(25(56)20-69-44)72-42-37(63)32(58)24(55)19-68-42/h22-45,53-64H,1,7-20H2,2-6H3,(H,65,66). The van der Waals surface area contributed by atoms with E-state index in [0.717, 1.165) is 18.4 Å². The molecule has 0 aromatic rings. The quantitative estimate of drug-likeness (QED) is 0.0755. The first-order valence-electron chi connectivity index (χ1n) is 26.9. The Bertz CT molecular complexity index is 2080. The number of rotatable bonds is 12. The molecule has 28 atom stereocenters. The molecule has 4 heterocycles. The Balaban J connectivity index is 1.04. The second-order valence-corrected chi connectivity index (χ2v) is 24.7. The van der Waals surface area contributed by atoms with E-state index < -0.39 is 183 Å². The molecule has 28 unspecified atom stereocenters.